The van der Waals surface area contributed by atoms with Crippen molar-refractivity contribution in [2.75, 3.05) is 0 Å². The smallest absolute Gasteiger partial charge is 0.174 e. The van der Waals surface area contributed by atoms with Crippen LogP contribution in [0.5, 0.6) is 23.0 Å². The highest BCUT2D eigenvalue weighted by atomic mass is 16.3. The van der Waals surface area contributed by atoms with E-state index >= 15 is 0 Å². The Morgan fingerprint density at radius 1 is 1.00 bits per heavy atom. The third kappa shape index (κ3) is 4.35. The Balaban J connectivity index is 2.13. The van der Waals surface area contributed by atoms with Gasteiger partial charge in [0, 0.05) is 18.1 Å². The van der Waals surface area contributed by atoms with Gasteiger partial charge in [0.1, 0.15) is 28.6 Å². The predicted molar refractivity (Wildman–Crippen MR) is 116 cm³/mol. The minimum Gasteiger partial charge on any atom is -0.508 e. The van der Waals surface area contributed by atoms with Gasteiger partial charge in [-0.2, -0.15) is 0 Å². The van der Waals surface area contributed by atoms with Crippen molar-refractivity contribution in [2.45, 2.75) is 39.5 Å². The number of hydrogen-bond acceptors (Lipinski definition) is 5. The molecule has 0 saturated carbocycles. The standard InChI is InChI=1S/C25H28O5/c1-14(2)4-10-19-15(3)5-11-20(16-6-8-17(26)9-7-16)23(19)25(30)24-21(28)12-18(27)13-22(24)29/h4-9,12-13,19-20,23,26-29H,10-11H2,1-3H3. The van der Waals surface area contributed by atoms with E-state index in [1.807, 2.05) is 32.9 Å². The summed E-state index contributed by atoms with van der Waals surface area (Å²) in [6.07, 6.45) is 5.53. The summed E-state index contributed by atoms with van der Waals surface area (Å²) in [5.41, 5.74) is 2.99. The third-order valence-electron chi connectivity index (χ3n) is 5.88. The van der Waals surface area contributed by atoms with Gasteiger partial charge >= 0.3 is 0 Å². The Labute approximate surface area is 176 Å². The minimum atomic E-state index is -0.517. The molecule has 2 aromatic carbocycles. The van der Waals surface area contributed by atoms with Crippen molar-refractivity contribution in [2.24, 2.45) is 11.8 Å². The van der Waals surface area contributed by atoms with E-state index in [1.54, 1.807) is 12.1 Å². The Kier molecular flexibility index (Phi) is 6.20. The number of Topliss-reactive ketones (excluding diaryl/α,β-unsaturated/α-hetero) is 1. The molecule has 1 aliphatic carbocycles. The SMILES string of the molecule is CC(C)=CCC1C(C)=CCC(c2ccc(O)cc2)C1C(=O)c1c(O)cc(O)cc1O. The molecule has 1 aliphatic rings. The van der Waals surface area contributed by atoms with Gasteiger partial charge in [0.25, 0.3) is 0 Å². The Morgan fingerprint density at radius 3 is 2.17 bits per heavy atom. The Morgan fingerprint density at radius 2 is 1.60 bits per heavy atom. The molecular weight excluding hydrogens is 380 g/mol. The van der Waals surface area contributed by atoms with Gasteiger partial charge < -0.3 is 20.4 Å². The van der Waals surface area contributed by atoms with E-state index in [0.717, 1.165) is 28.8 Å². The lowest BCUT2D eigenvalue weighted by molar-refractivity contribution is 0.0844. The number of carbonyl (C=O) groups excluding carboxylic acids is 1. The van der Waals surface area contributed by atoms with Crippen molar-refractivity contribution in [3.8, 4) is 23.0 Å². The van der Waals surface area contributed by atoms with E-state index in [2.05, 4.69) is 12.2 Å². The second kappa shape index (κ2) is 8.66. The second-order valence-corrected chi connectivity index (χ2v) is 8.25. The maximum absolute atomic E-state index is 13.7. The fourth-order valence-corrected chi connectivity index (χ4v) is 4.32. The summed E-state index contributed by atoms with van der Waals surface area (Å²) in [6.45, 7) is 6.02. The highest BCUT2D eigenvalue weighted by Gasteiger charge is 2.40. The van der Waals surface area contributed by atoms with Gasteiger partial charge in [0.05, 0.1) is 0 Å². The largest absolute Gasteiger partial charge is 0.508 e. The van der Waals surface area contributed by atoms with E-state index in [-0.39, 0.29) is 34.7 Å². The number of ketones is 1. The fourth-order valence-electron chi connectivity index (χ4n) is 4.32. The molecule has 2 aromatic rings. The first-order valence-electron chi connectivity index (χ1n) is 10.1. The maximum atomic E-state index is 13.7. The normalized spacial score (nSPS) is 21.0. The van der Waals surface area contributed by atoms with Crippen LogP contribution in [-0.2, 0) is 0 Å². The average Bonchev–Trinajstić information content (AvgIpc) is 2.66. The zero-order valence-electron chi connectivity index (χ0n) is 17.5. The van der Waals surface area contributed by atoms with Crippen LogP contribution in [0, 0.1) is 11.8 Å². The molecule has 3 rings (SSSR count). The highest BCUT2D eigenvalue weighted by molar-refractivity contribution is 6.03. The van der Waals surface area contributed by atoms with E-state index < -0.39 is 17.4 Å². The Hall–Kier alpha value is -3.21. The highest BCUT2D eigenvalue weighted by Crippen LogP contribution is 2.47. The lowest BCUT2D eigenvalue weighted by Crippen LogP contribution is -2.33. The second-order valence-electron chi connectivity index (χ2n) is 8.25. The first kappa shape index (κ1) is 21.5. The zero-order chi connectivity index (χ0) is 22.0. The van der Waals surface area contributed by atoms with Crippen LogP contribution in [0.2, 0.25) is 0 Å². The van der Waals surface area contributed by atoms with Crippen LogP contribution in [0.25, 0.3) is 0 Å². The topological polar surface area (TPSA) is 98.0 Å². The summed E-state index contributed by atoms with van der Waals surface area (Å²) in [6, 6.07) is 8.95. The molecule has 0 bridgehead atoms. The summed E-state index contributed by atoms with van der Waals surface area (Å²) < 4.78 is 0. The number of hydrogen-bond donors (Lipinski definition) is 4. The molecular formula is C25H28O5. The lowest BCUT2D eigenvalue weighted by Gasteiger charge is -2.37. The molecule has 0 aliphatic heterocycles. The van der Waals surface area contributed by atoms with Crippen LogP contribution >= 0.6 is 0 Å². The van der Waals surface area contributed by atoms with E-state index in [9.17, 15) is 25.2 Å². The van der Waals surface area contributed by atoms with Crippen LogP contribution < -0.4 is 0 Å². The summed E-state index contributed by atoms with van der Waals surface area (Å²) in [7, 11) is 0. The number of benzene rings is 2. The quantitative estimate of drug-likeness (QED) is 0.391. The van der Waals surface area contributed by atoms with Gasteiger partial charge in [-0.15, -0.1) is 0 Å². The van der Waals surface area contributed by atoms with Crippen molar-refractivity contribution >= 4 is 5.78 Å². The zero-order valence-corrected chi connectivity index (χ0v) is 17.5. The number of carbonyl (C=O) groups is 1. The van der Waals surface area contributed by atoms with Crippen LogP contribution in [0.3, 0.4) is 0 Å². The molecule has 0 heterocycles. The molecule has 0 amide bonds. The predicted octanol–water partition coefficient (Wildman–Crippen LogP) is 5.41. The summed E-state index contributed by atoms with van der Waals surface area (Å²) in [5.74, 6) is -2.18. The number of allylic oxidation sites excluding steroid dienone is 4. The molecule has 5 nitrogen and oxygen atoms in total. The molecule has 5 heteroatoms. The van der Waals surface area contributed by atoms with Crippen LogP contribution in [0.4, 0.5) is 0 Å². The van der Waals surface area contributed by atoms with Crippen LogP contribution in [0.15, 0.2) is 59.7 Å². The van der Waals surface area contributed by atoms with Crippen LogP contribution in [-0.4, -0.2) is 26.2 Å². The number of phenols is 4. The minimum absolute atomic E-state index is 0.104. The van der Waals surface area contributed by atoms with E-state index in [4.69, 9.17) is 0 Å². The van der Waals surface area contributed by atoms with Crippen molar-refractivity contribution in [3.05, 3.63) is 70.8 Å². The molecule has 0 fully saturated rings. The van der Waals surface area contributed by atoms with Gasteiger partial charge in [0.2, 0.25) is 0 Å². The third-order valence-corrected chi connectivity index (χ3v) is 5.88. The molecule has 0 saturated heterocycles. The lowest BCUT2D eigenvalue weighted by atomic mass is 9.65. The molecule has 3 unspecified atom stereocenters. The number of rotatable bonds is 5. The molecule has 30 heavy (non-hydrogen) atoms. The van der Waals surface area contributed by atoms with Crippen molar-refractivity contribution in [1.29, 1.82) is 0 Å². The maximum Gasteiger partial charge on any atom is 0.174 e. The molecule has 0 radical (unpaired) electrons. The number of phenolic OH excluding ortho intramolecular Hbond substituents is 4. The van der Waals surface area contributed by atoms with Gasteiger partial charge in [-0.3, -0.25) is 4.79 Å². The van der Waals surface area contributed by atoms with Gasteiger partial charge in [0.15, 0.2) is 5.78 Å². The molecule has 158 valence electrons. The fraction of sp³-hybridized carbons (Fsp3) is 0.320. The summed E-state index contributed by atoms with van der Waals surface area (Å²) in [4.78, 5) is 13.7. The van der Waals surface area contributed by atoms with Crippen molar-refractivity contribution < 1.29 is 25.2 Å². The van der Waals surface area contributed by atoms with Crippen molar-refractivity contribution in [3.63, 3.8) is 0 Å². The van der Waals surface area contributed by atoms with Crippen LogP contribution in [0.1, 0.15) is 55.5 Å². The molecule has 3 atom stereocenters. The van der Waals surface area contributed by atoms with Gasteiger partial charge in [-0.1, -0.05) is 35.4 Å². The monoisotopic (exact) mass is 408 g/mol. The van der Waals surface area contributed by atoms with E-state index in [0.29, 0.717) is 12.8 Å². The molecule has 0 aromatic heterocycles. The average molecular weight is 408 g/mol. The summed E-state index contributed by atoms with van der Waals surface area (Å²) in [5, 5.41) is 40.0. The molecule has 0 spiro atoms. The van der Waals surface area contributed by atoms with Crippen molar-refractivity contribution in [1.82, 2.24) is 0 Å². The summed E-state index contributed by atoms with van der Waals surface area (Å²) >= 11 is 0. The van der Waals surface area contributed by atoms with E-state index in [1.165, 1.54) is 0 Å². The number of aromatic hydroxyl groups is 4. The van der Waals surface area contributed by atoms with Gasteiger partial charge in [-0.25, -0.2) is 0 Å². The first-order chi connectivity index (χ1) is 14.2. The van der Waals surface area contributed by atoms with Gasteiger partial charge in [-0.05, 0) is 63.1 Å². The molecule has 4 N–H and O–H groups in total. The first-order valence-corrected chi connectivity index (χ1v) is 10.1. The Bertz CT molecular complexity index is 974.